The third kappa shape index (κ3) is 10.5. The van der Waals surface area contributed by atoms with Crippen molar-refractivity contribution < 1.29 is 34.5 Å². The van der Waals surface area contributed by atoms with Crippen LogP contribution in [0, 0.1) is 0 Å². The number of benzene rings is 1. The number of amides is 2. The number of rotatable bonds is 13. The van der Waals surface area contributed by atoms with Crippen LogP contribution in [0.4, 0.5) is 0 Å². The average Bonchev–Trinajstić information content (AvgIpc) is 2.70. The first-order valence-electron chi connectivity index (χ1n) is 8.99. The van der Waals surface area contributed by atoms with Gasteiger partial charge < -0.3 is 31.7 Å². The van der Waals surface area contributed by atoms with Crippen LogP contribution in [0.2, 0.25) is 0 Å². The van der Waals surface area contributed by atoms with Gasteiger partial charge in [0.2, 0.25) is 11.8 Å². The number of phenolic OH excluding ortho intramolecular Hbond substituents is 1. The van der Waals surface area contributed by atoms with Crippen LogP contribution in [0.3, 0.4) is 0 Å². The van der Waals surface area contributed by atoms with Gasteiger partial charge in [0.15, 0.2) is 0 Å². The normalized spacial score (nSPS) is 12.8. The molecule has 0 aromatic heterocycles. The number of carbonyl (C=O) groups is 4. The van der Waals surface area contributed by atoms with E-state index in [1.807, 2.05) is 12.2 Å². The fourth-order valence-corrected chi connectivity index (χ4v) is 3.01. The highest BCUT2D eigenvalue weighted by atomic mass is 32.2. The van der Waals surface area contributed by atoms with Crippen molar-refractivity contribution >= 4 is 41.6 Å². The maximum absolute atomic E-state index is 12.2. The molecule has 0 spiro atoms. The van der Waals surface area contributed by atoms with E-state index in [1.165, 1.54) is 11.8 Å². The van der Waals surface area contributed by atoms with Crippen LogP contribution in [0.1, 0.15) is 18.4 Å². The molecule has 1 aromatic carbocycles. The van der Waals surface area contributed by atoms with E-state index >= 15 is 0 Å². The number of thioether (sulfide) groups is 1. The fraction of sp³-hybridized carbons (Fsp3) is 0.368. The SMILES string of the molecule is NC(CCC(=O)N[C@@H](CSC/C=C/c1ccc(O)cc1)C(=O)NCC(=O)O)C(=O)O. The number of carboxylic acids is 2. The van der Waals surface area contributed by atoms with Gasteiger partial charge in [-0.15, -0.1) is 0 Å². The number of phenols is 1. The minimum Gasteiger partial charge on any atom is -0.508 e. The van der Waals surface area contributed by atoms with Gasteiger partial charge in [0.1, 0.15) is 24.4 Å². The Hall–Kier alpha value is -3.05. The van der Waals surface area contributed by atoms with Gasteiger partial charge in [-0.3, -0.25) is 19.2 Å². The van der Waals surface area contributed by atoms with E-state index < -0.39 is 42.4 Å². The Morgan fingerprint density at radius 3 is 2.40 bits per heavy atom. The molecule has 7 N–H and O–H groups in total. The summed E-state index contributed by atoms with van der Waals surface area (Å²) < 4.78 is 0. The van der Waals surface area contributed by atoms with Crippen LogP contribution < -0.4 is 16.4 Å². The maximum atomic E-state index is 12.2. The van der Waals surface area contributed by atoms with Crippen LogP contribution in [-0.4, -0.2) is 69.2 Å². The molecule has 1 unspecified atom stereocenters. The van der Waals surface area contributed by atoms with E-state index in [4.69, 9.17) is 15.9 Å². The van der Waals surface area contributed by atoms with Gasteiger partial charge in [-0.05, 0) is 24.1 Å². The predicted octanol–water partition coefficient (Wildman–Crippen LogP) is 0.0163. The molecule has 1 aromatic rings. The molecular weight excluding hydrogens is 414 g/mol. The summed E-state index contributed by atoms with van der Waals surface area (Å²) in [4.78, 5) is 45.6. The Labute approximate surface area is 177 Å². The number of nitrogens with one attached hydrogen (secondary N) is 2. The summed E-state index contributed by atoms with van der Waals surface area (Å²) in [6.07, 6.45) is 3.41. The maximum Gasteiger partial charge on any atom is 0.322 e. The van der Waals surface area contributed by atoms with E-state index in [9.17, 15) is 24.3 Å². The van der Waals surface area contributed by atoms with Crippen molar-refractivity contribution in [1.82, 2.24) is 10.6 Å². The Bertz CT molecular complexity index is 768. The van der Waals surface area contributed by atoms with Crippen molar-refractivity contribution in [3.05, 3.63) is 35.9 Å². The molecule has 2 amide bonds. The minimum atomic E-state index is -1.23. The van der Waals surface area contributed by atoms with E-state index in [0.717, 1.165) is 5.56 Å². The average molecular weight is 439 g/mol. The molecule has 0 heterocycles. The van der Waals surface area contributed by atoms with Crippen LogP contribution in [0.15, 0.2) is 30.3 Å². The number of aromatic hydroxyl groups is 1. The number of aliphatic carboxylic acids is 2. The monoisotopic (exact) mass is 439 g/mol. The summed E-state index contributed by atoms with van der Waals surface area (Å²) in [6, 6.07) is 4.42. The zero-order chi connectivity index (χ0) is 22.5. The zero-order valence-electron chi connectivity index (χ0n) is 16.1. The highest BCUT2D eigenvalue weighted by molar-refractivity contribution is 7.99. The third-order valence-electron chi connectivity index (χ3n) is 3.77. The first-order chi connectivity index (χ1) is 14.2. The second kappa shape index (κ2) is 13.2. The summed E-state index contributed by atoms with van der Waals surface area (Å²) in [5.74, 6) is -2.78. The third-order valence-corrected chi connectivity index (χ3v) is 4.76. The van der Waals surface area contributed by atoms with E-state index in [2.05, 4.69) is 10.6 Å². The van der Waals surface area contributed by atoms with Gasteiger partial charge in [-0.25, -0.2) is 0 Å². The highest BCUT2D eigenvalue weighted by Crippen LogP contribution is 2.12. The Morgan fingerprint density at radius 1 is 1.13 bits per heavy atom. The van der Waals surface area contributed by atoms with Crippen LogP contribution >= 0.6 is 11.8 Å². The lowest BCUT2D eigenvalue weighted by Gasteiger charge is -2.18. The molecule has 0 saturated carbocycles. The summed E-state index contributed by atoms with van der Waals surface area (Å²) in [5.41, 5.74) is 6.24. The van der Waals surface area contributed by atoms with Crippen molar-refractivity contribution in [2.45, 2.75) is 24.9 Å². The number of hydrogen-bond donors (Lipinski definition) is 6. The van der Waals surface area contributed by atoms with Gasteiger partial charge in [0.25, 0.3) is 0 Å². The summed E-state index contributed by atoms with van der Waals surface area (Å²) >= 11 is 1.34. The lowest BCUT2D eigenvalue weighted by molar-refractivity contribution is -0.139. The molecule has 11 heteroatoms. The number of nitrogens with two attached hydrogens (primary N) is 1. The number of hydrogen-bond acceptors (Lipinski definition) is 7. The van der Waals surface area contributed by atoms with Gasteiger partial charge in [0, 0.05) is 17.9 Å². The lowest BCUT2D eigenvalue weighted by atomic mass is 10.1. The van der Waals surface area contributed by atoms with E-state index in [-0.39, 0.29) is 24.3 Å². The Kier molecular flexibility index (Phi) is 11.0. The molecular formula is C19H25N3O7S. The highest BCUT2D eigenvalue weighted by Gasteiger charge is 2.22. The largest absolute Gasteiger partial charge is 0.508 e. The quantitative estimate of drug-likeness (QED) is 0.231. The standard InChI is InChI=1S/C19H25N3O7S/c20-14(19(28)29)7-8-16(24)22-15(18(27)21-10-17(25)26)11-30-9-1-2-12-3-5-13(23)6-4-12/h1-6,14-15,23H,7-11,20H2,(H,21,27)(H,22,24)(H,25,26)(H,28,29)/b2-1+/t14?,15-/m0/s1. The first kappa shape index (κ1) is 25.0. The van der Waals surface area contributed by atoms with Gasteiger partial charge in [-0.1, -0.05) is 24.3 Å². The first-order valence-corrected chi connectivity index (χ1v) is 10.1. The van der Waals surface area contributed by atoms with Crippen molar-refractivity contribution in [2.75, 3.05) is 18.1 Å². The Morgan fingerprint density at radius 2 is 1.80 bits per heavy atom. The molecule has 0 radical (unpaired) electrons. The van der Waals surface area contributed by atoms with Crippen LogP contribution in [0.25, 0.3) is 6.08 Å². The molecule has 0 aliphatic heterocycles. The second-order valence-electron chi connectivity index (χ2n) is 6.25. The smallest absolute Gasteiger partial charge is 0.322 e. The number of carbonyl (C=O) groups excluding carboxylic acids is 2. The van der Waals surface area contributed by atoms with Crippen molar-refractivity contribution in [1.29, 1.82) is 0 Å². The molecule has 0 bridgehead atoms. The second-order valence-corrected chi connectivity index (χ2v) is 7.32. The summed E-state index contributed by atoms with van der Waals surface area (Å²) in [6.45, 7) is -0.583. The molecule has 0 aliphatic carbocycles. The van der Waals surface area contributed by atoms with E-state index in [1.54, 1.807) is 24.3 Å². The van der Waals surface area contributed by atoms with Crippen molar-refractivity contribution in [3.8, 4) is 5.75 Å². The minimum absolute atomic E-state index is 0.0901. The zero-order valence-corrected chi connectivity index (χ0v) is 16.9. The molecule has 2 atom stereocenters. The molecule has 1 rings (SSSR count). The molecule has 10 nitrogen and oxygen atoms in total. The molecule has 0 aliphatic rings. The molecule has 0 fully saturated rings. The number of carboxylic acid groups (broad SMARTS) is 2. The van der Waals surface area contributed by atoms with Gasteiger partial charge >= 0.3 is 11.9 Å². The lowest BCUT2D eigenvalue weighted by Crippen LogP contribution is -2.49. The van der Waals surface area contributed by atoms with Gasteiger partial charge in [-0.2, -0.15) is 11.8 Å². The predicted molar refractivity (Wildman–Crippen MR) is 112 cm³/mol. The van der Waals surface area contributed by atoms with E-state index in [0.29, 0.717) is 5.75 Å². The van der Waals surface area contributed by atoms with Crippen LogP contribution in [0.5, 0.6) is 5.75 Å². The van der Waals surface area contributed by atoms with Gasteiger partial charge in [0.05, 0.1) is 0 Å². The molecule has 30 heavy (non-hydrogen) atoms. The summed E-state index contributed by atoms with van der Waals surface area (Å²) in [7, 11) is 0. The van der Waals surface area contributed by atoms with Crippen molar-refractivity contribution in [3.63, 3.8) is 0 Å². The topological polar surface area (TPSA) is 179 Å². The summed E-state index contributed by atoms with van der Waals surface area (Å²) in [5, 5.41) is 31.4. The molecule has 0 saturated heterocycles. The fourth-order valence-electron chi connectivity index (χ4n) is 2.17. The molecule has 164 valence electrons. The van der Waals surface area contributed by atoms with Crippen LogP contribution in [-0.2, 0) is 19.2 Å². The van der Waals surface area contributed by atoms with Crippen molar-refractivity contribution in [2.24, 2.45) is 5.73 Å². The Balaban J connectivity index is 2.56.